The zero-order valence-electron chi connectivity index (χ0n) is 15.4. The first kappa shape index (κ1) is 17.3. The fraction of sp³-hybridized carbons (Fsp3) is 0.286. The number of anilines is 1. The highest BCUT2D eigenvalue weighted by Gasteiger charge is 2.35. The van der Waals surface area contributed by atoms with E-state index in [-0.39, 0.29) is 11.8 Å². The standard InChI is InChI=1S/C21H21N3O3/c1-3-14-8-10-16(11-9-14)24-13-15(12-19(24)25)21-22-20(23-27-21)17-6-4-5-7-18(17)26-2/h4-11,15H,3,12-13H2,1-2H3. The number of amides is 1. The maximum absolute atomic E-state index is 12.5. The molecule has 1 atom stereocenters. The van der Waals surface area contributed by atoms with Gasteiger partial charge in [-0.05, 0) is 36.2 Å². The third kappa shape index (κ3) is 3.30. The molecule has 6 heteroatoms. The minimum Gasteiger partial charge on any atom is -0.496 e. The molecule has 1 fully saturated rings. The van der Waals surface area contributed by atoms with Crippen LogP contribution in [0.4, 0.5) is 5.69 Å². The number of aromatic nitrogens is 2. The van der Waals surface area contributed by atoms with Crippen LogP contribution < -0.4 is 9.64 Å². The maximum atomic E-state index is 12.5. The Morgan fingerprint density at radius 3 is 2.70 bits per heavy atom. The minimum atomic E-state index is -0.112. The van der Waals surface area contributed by atoms with Crippen LogP contribution in [0.25, 0.3) is 11.4 Å². The Balaban J connectivity index is 1.55. The van der Waals surface area contributed by atoms with Crippen LogP contribution in [0.5, 0.6) is 5.75 Å². The average Bonchev–Trinajstić information content (AvgIpc) is 3.35. The molecular formula is C21H21N3O3. The number of carbonyl (C=O) groups excluding carboxylic acids is 1. The van der Waals surface area contributed by atoms with E-state index in [2.05, 4.69) is 29.2 Å². The van der Waals surface area contributed by atoms with Crippen molar-refractivity contribution >= 4 is 11.6 Å². The largest absolute Gasteiger partial charge is 0.496 e. The van der Waals surface area contributed by atoms with Gasteiger partial charge >= 0.3 is 0 Å². The topological polar surface area (TPSA) is 68.5 Å². The maximum Gasteiger partial charge on any atom is 0.232 e. The lowest BCUT2D eigenvalue weighted by Crippen LogP contribution is -2.24. The first-order valence-electron chi connectivity index (χ1n) is 9.06. The Bertz CT molecular complexity index is 949. The second-order valence-electron chi connectivity index (χ2n) is 6.58. The van der Waals surface area contributed by atoms with E-state index in [1.165, 1.54) is 5.56 Å². The molecule has 0 saturated carbocycles. The monoisotopic (exact) mass is 363 g/mol. The Kier molecular flexibility index (Phi) is 4.62. The molecule has 1 unspecified atom stereocenters. The highest BCUT2D eigenvalue weighted by atomic mass is 16.5. The first-order valence-corrected chi connectivity index (χ1v) is 9.06. The normalized spacial score (nSPS) is 16.7. The van der Waals surface area contributed by atoms with Gasteiger partial charge < -0.3 is 14.2 Å². The Labute approximate surface area is 157 Å². The molecule has 0 bridgehead atoms. The van der Waals surface area contributed by atoms with Crippen LogP contribution >= 0.6 is 0 Å². The summed E-state index contributed by atoms with van der Waals surface area (Å²) in [6, 6.07) is 15.6. The summed E-state index contributed by atoms with van der Waals surface area (Å²) < 4.78 is 10.8. The van der Waals surface area contributed by atoms with Crippen molar-refractivity contribution in [2.45, 2.75) is 25.7 Å². The van der Waals surface area contributed by atoms with Gasteiger partial charge in [0.05, 0.1) is 18.6 Å². The molecule has 0 N–H and O–H groups in total. The Hall–Kier alpha value is -3.15. The Morgan fingerprint density at radius 2 is 1.96 bits per heavy atom. The number of hydrogen-bond donors (Lipinski definition) is 0. The number of rotatable bonds is 5. The number of benzene rings is 2. The van der Waals surface area contributed by atoms with Crippen LogP contribution in [0.1, 0.15) is 30.7 Å². The van der Waals surface area contributed by atoms with Crippen LogP contribution in [0.3, 0.4) is 0 Å². The van der Waals surface area contributed by atoms with Gasteiger partial charge in [0.25, 0.3) is 0 Å². The summed E-state index contributed by atoms with van der Waals surface area (Å²) in [5, 5.41) is 4.09. The summed E-state index contributed by atoms with van der Waals surface area (Å²) in [7, 11) is 1.61. The van der Waals surface area contributed by atoms with Gasteiger partial charge in [0.15, 0.2) is 0 Å². The second kappa shape index (κ2) is 7.23. The van der Waals surface area contributed by atoms with E-state index in [1.54, 1.807) is 12.0 Å². The van der Waals surface area contributed by atoms with Gasteiger partial charge in [-0.15, -0.1) is 0 Å². The first-order chi connectivity index (χ1) is 13.2. The van der Waals surface area contributed by atoms with Crippen LogP contribution in [-0.4, -0.2) is 29.7 Å². The lowest BCUT2D eigenvalue weighted by Gasteiger charge is -2.16. The van der Waals surface area contributed by atoms with Gasteiger partial charge in [0, 0.05) is 18.7 Å². The van der Waals surface area contributed by atoms with Gasteiger partial charge in [-0.3, -0.25) is 4.79 Å². The summed E-state index contributed by atoms with van der Waals surface area (Å²) >= 11 is 0. The van der Waals surface area contributed by atoms with Crippen molar-refractivity contribution < 1.29 is 14.1 Å². The minimum absolute atomic E-state index is 0.0706. The van der Waals surface area contributed by atoms with Crippen molar-refractivity contribution in [2.24, 2.45) is 0 Å². The predicted molar refractivity (Wildman–Crippen MR) is 102 cm³/mol. The van der Waals surface area contributed by atoms with Gasteiger partial charge in [-0.25, -0.2) is 0 Å². The number of aryl methyl sites for hydroxylation is 1. The van der Waals surface area contributed by atoms with Crippen LogP contribution in [0.15, 0.2) is 53.1 Å². The number of carbonyl (C=O) groups is 1. The van der Waals surface area contributed by atoms with E-state index in [0.717, 1.165) is 17.7 Å². The van der Waals surface area contributed by atoms with Crippen LogP contribution in [-0.2, 0) is 11.2 Å². The van der Waals surface area contributed by atoms with E-state index in [9.17, 15) is 4.79 Å². The number of para-hydroxylation sites is 1. The summed E-state index contributed by atoms with van der Waals surface area (Å²) in [6.45, 7) is 2.65. The highest BCUT2D eigenvalue weighted by molar-refractivity contribution is 5.96. The summed E-state index contributed by atoms with van der Waals surface area (Å²) in [6.07, 6.45) is 1.34. The second-order valence-corrected chi connectivity index (χ2v) is 6.58. The fourth-order valence-electron chi connectivity index (χ4n) is 3.37. The van der Waals surface area contributed by atoms with Crippen LogP contribution in [0.2, 0.25) is 0 Å². The molecule has 2 heterocycles. The number of nitrogens with zero attached hydrogens (tertiary/aromatic N) is 3. The van der Waals surface area contributed by atoms with E-state index in [1.807, 2.05) is 36.4 Å². The van der Waals surface area contributed by atoms with Gasteiger partial charge in [-0.2, -0.15) is 4.98 Å². The van der Waals surface area contributed by atoms with Crippen molar-refractivity contribution in [1.29, 1.82) is 0 Å². The molecule has 0 aliphatic carbocycles. The lowest BCUT2D eigenvalue weighted by atomic mass is 10.1. The van der Waals surface area contributed by atoms with E-state index >= 15 is 0 Å². The molecule has 27 heavy (non-hydrogen) atoms. The molecule has 138 valence electrons. The summed E-state index contributed by atoms with van der Waals surface area (Å²) in [5.74, 6) is 1.60. The lowest BCUT2D eigenvalue weighted by molar-refractivity contribution is -0.117. The zero-order valence-corrected chi connectivity index (χ0v) is 15.4. The molecule has 1 saturated heterocycles. The average molecular weight is 363 g/mol. The summed E-state index contributed by atoms with van der Waals surface area (Å²) in [4.78, 5) is 18.8. The number of methoxy groups -OCH3 is 1. The zero-order chi connectivity index (χ0) is 18.8. The third-order valence-corrected chi connectivity index (χ3v) is 4.92. The van der Waals surface area contributed by atoms with Gasteiger partial charge in [0.2, 0.25) is 17.6 Å². The van der Waals surface area contributed by atoms with Crippen molar-refractivity contribution in [3.8, 4) is 17.1 Å². The van der Waals surface area contributed by atoms with Crippen molar-refractivity contribution in [3.05, 3.63) is 60.0 Å². The van der Waals surface area contributed by atoms with Gasteiger partial charge in [0.1, 0.15) is 5.75 Å². The van der Waals surface area contributed by atoms with Gasteiger partial charge in [-0.1, -0.05) is 36.3 Å². The van der Waals surface area contributed by atoms with Crippen molar-refractivity contribution in [1.82, 2.24) is 10.1 Å². The third-order valence-electron chi connectivity index (χ3n) is 4.92. The predicted octanol–water partition coefficient (Wildman–Crippen LogP) is 3.83. The molecule has 1 amide bonds. The van der Waals surface area contributed by atoms with E-state index < -0.39 is 0 Å². The molecule has 3 aromatic rings. The molecular weight excluding hydrogens is 342 g/mol. The summed E-state index contributed by atoms with van der Waals surface area (Å²) in [5.41, 5.74) is 2.93. The fourth-order valence-corrected chi connectivity index (χ4v) is 3.37. The molecule has 0 radical (unpaired) electrons. The quantitative estimate of drug-likeness (QED) is 0.689. The smallest absolute Gasteiger partial charge is 0.232 e. The number of hydrogen-bond acceptors (Lipinski definition) is 5. The molecule has 2 aromatic carbocycles. The van der Waals surface area contributed by atoms with Crippen molar-refractivity contribution in [3.63, 3.8) is 0 Å². The number of ether oxygens (including phenoxy) is 1. The highest BCUT2D eigenvalue weighted by Crippen LogP contribution is 2.33. The molecule has 1 aliphatic rings. The molecule has 4 rings (SSSR count). The van der Waals surface area contributed by atoms with E-state index in [0.29, 0.717) is 30.4 Å². The molecule has 1 aliphatic heterocycles. The molecule has 0 spiro atoms. The van der Waals surface area contributed by atoms with Crippen molar-refractivity contribution in [2.75, 3.05) is 18.6 Å². The van der Waals surface area contributed by atoms with E-state index in [4.69, 9.17) is 9.26 Å². The SMILES string of the molecule is CCc1ccc(N2CC(c3nc(-c4ccccc4OC)no3)CC2=O)cc1. The molecule has 6 nitrogen and oxygen atoms in total. The van der Waals surface area contributed by atoms with Crippen LogP contribution in [0, 0.1) is 0 Å². The molecule has 1 aromatic heterocycles. The Morgan fingerprint density at radius 1 is 1.19 bits per heavy atom.